The van der Waals surface area contributed by atoms with E-state index in [2.05, 4.69) is 142 Å². The largest absolute Gasteiger partial charge is 0.490 e. The van der Waals surface area contributed by atoms with E-state index in [9.17, 15) is 0 Å². The van der Waals surface area contributed by atoms with Gasteiger partial charge in [-0.2, -0.15) is 0 Å². The lowest BCUT2D eigenvalue weighted by atomic mass is 9.93. The predicted octanol–water partition coefficient (Wildman–Crippen LogP) is 29.7. The second kappa shape index (κ2) is 59.5. The summed E-state index contributed by atoms with van der Waals surface area (Å²) < 4.78 is 99.8. The SMILES string of the molecule is CCCCCCOc1cc2c3cc(OCCCCCC)c(OCCCCCC)cc3c3cc(OCCOCCOCCOCCOc4cc5c6cc(OCCCCCC)c(OCCCCCC)cc6c6cc(OCCCCCC)c(OCCCCCC)cc6c5cc4OCCCCCC)c(OCCCCCC)cc3c2cc1OCCCCCC. The van der Waals surface area contributed by atoms with Crippen molar-refractivity contribution < 1.29 is 71.1 Å². The van der Waals surface area contributed by atoms with Gasteiger partial charge in [0.25, 0.3) is 0 Å². The minimum atomic E-state index is 0.313. The van der Waals surface area contributed by atoms with Crippen LogP contribution in [0.15, 0.2) is 72.8 Å². The van der Waals surface area contributed by atoms with E-state index in [1.807, 2.05) is 0 Å². The summed E-state index contributed by atoms with van der Waals surface area (Å²) in [4.78, 5) is 0. The highest BCUT2D eigenvalue weighted by atomic mass is 16.6. The summed E-state index contributed by atoms with van der Waals surface area (Å²) in [5, 5.41) is 12.6. The molecule has 0 saturated heterocycles. The molecule has 0 amide bonds. The molecule has 0 radical (unpaired) electrons. The lowest BCUT2D eigenvalue weighted by Crippen LogP contribution is -2.14. The third kappa shape index (κ3) is 33.2. The van der Waals surface area contributed by atoms with Crippen molar-refractivity contribution in [1.29, 1.82) is 0 Å². The molecule has 0 atom stereocenters. The average Bonchev–Trinajstić information content (AvgIpc) is 0.731. The lowest BCUT2D eigenvalue weighted by molar-refractivity contribution is 0.00475. The van der Waals surface area contributed by atoms with Crippen LogP contribution in [-0.2, 0) is 14.2 Å². The van der Waals surface area contributed by atoms with Crippen molar-refractivity contribution in [1.82, 2.24) is 0 Å². The molecule has 664 valence electrons. The minimum absolute atomic E-state index is 0.313. The first-order chi connectivity index (χ1) is 58.8. The first-order valence-corrected chi connectivity index (χ1v) is 48.1. The molecule has 15 nitrogen and oxygen atoms in total. The highest BCUT2D eigenvalue weighted by Gasteiger charge is 2.24. The van der Waals surface area contributed by atoms with Gasteiger partial charge in [-0.25, -0.2) is 0 Å². The molecule has 0 fully saturated rings. The van der Waals surface area contributed by atoms with Crippen LogP contribution in [0.25, 0.3) is 64.6 Å². The Kier molecular flexibility index (Phi) is 48.6. The normalized spacial score (nSPS) is 11.6. The molecule has 0 aromatic heterocycles. The van der Waals surface area contributed by atoms with Crippen molar-refractivity contribution in [3.63, 3.8) is 0 Å². The number of hydrogen-bond acceptors (Lipinski definition) is 15. The number of unbranched alkanes of at least 4 members (excludes halogenated alkanes) is 30. The van der Waals surface area contributed by atoms with E-state index in [0.717, 1.165) is 278 Å². The van der Waals surface area contributed by atoms with Gasteiger partial charge < -0.3 is 71.1 Å². The molecular formula is C104H158O15. The fraction of sp³-hybridized carbons (Fsp3) is 0.654. The monoisotopic (exact) mass is 1650 g/mol. The van der Waals surface area contributed by atoms with Crippen LogP contribution in [0.3, 0.4) is 0 Å². The first-order valence-electron chi connectivity index (χ1n) is 48.1. The van der Waals surface area contributed by atoms with Gasteiger partial charge in [0.2, 0.25) is 0 Å². The van der Waals surface area contributed by atoms with Gasteiger partial charge in [-0.15, -0.1) is 0 Å². The van der Waals surface area contributed by atoms with Gasteiger partial charge in [0.15, 0.2) is 69.0 Å². The molecule has 0 bridgehead atoms. The summed E-state index contributed by atoms with van der Waals surface area (Å²) in [5.74, 6) is 8.88. The zero-order valence-corrected chi connectivity index (χ0v) is 76.1. The van der Waals surface area contributed by atoms with Gasteiger partial charge >= 0.3 is 0 Å². The van der Waals surface area contributed by atoms with Crippen molar-refractivity contribution in [2.24, 2.45) is 0 Å². The van der Waals surface area contributed by atoms with E-state index in [0.29, 0.717) is 142 Å². The topological polar surface area (TPSA) is 138 Å². The number of rotatable bonds is 74. The maximum absolute atomic E-state index is 6.80. The van der Waals surface area contributed by atoms with Crippen LogP contribution in [-0.4, -0.2) is 119 Å². The number of fused-ring (bicyclic) bond motifs is 12. The summed E-state index contributed by atoms with van der Waals surface area (Å²) in [6.45, 7) is 31.5. The molecule has 0 heterocycles. The van der Waals surface area contributed by atoms with Crippen molar-refractivity contribution >= 4 is 64.6 Å². The Morgan fingerprint density at radius 1 is 0.118 bits per heavy atom. The van der Waals surface area contributed by atoms with Crippen molar-refractivity contribution in [3.05, 3.63) is 72.8 Å². The average molecular weight is 1650 g/mol. The van der Waals surface area contributed by atoms with Crippen LogP contribution in [0.5, 0.6) is 69.0 Å². The first kappa shape index (κ1) is 97.2. The molecule has 119 heavy (non-hydrogen) atoms. The molecular weight excluding hydrogens is 1490 g/mol. The van der Waals surface area contributed by atoms with Crippen LogP contribution in [0.2, 0.25) is 0 Å². The van der Waals surface area contributed by atoms with Crippen molar-refractivity contribution in [3.8, 4) is 69.0 Å². The Bertz CT molecular complexity index is 3720. The lowest BCUT2D eigenvalue weighted by Gasteiger charge is -2.21. The quantitative estimate of drug-likeness (QED) is 0.0264. The van der Waals surface area contributed by atoms with Crippen molar-refractivity contribution in [2.45, 2.75) is 326 Å². The summed E-state index contributed by atoms with van der Waals surface area (Å²) in [6, 6.07) is 26.4. The highest BCUT2D eigenvalue weighted by Crippen LogP contribution is 2.50. The third-order valence-corrected chi connectivity index (χ3v) is 22.5. The predicted molar refractivity (Wildman–Crippen MR) is 498 cm³/mol. The summed E-state index contributed by atoms with van der Waals surface area (Å²) >= 11 is 0. The molecule has 0 saturated carbocycles. The minimum Gasteiger partial charge on any atom is -0.490 e. The van der Waals surface area contributed by atoms with Crippen LogP contribution in [0.4, 0.5) is 0 Å². The molecule has 8 aromatic rings. The maximum atomic E-state index is 6.80. The van der Waals surface area contributed by atoms with E-state index in [1.165, 1.54) is 89.9 Å². The number of hydrogen-bond donors (Lipinski definition) is 0. The Morgan fingerprint density at radius 2 is 0.218 bits per heavy atom. The summed E-state index contributed by atoms with van der Waals surface area (Å²) in [6.07, 6.45) is 44.3. The molecule has 0 aliphatic carbocycles. The Morgan fingerprint density at radius 3 is 0.328 bits per heavy atom. The van der Waals surface area contributed by atoms with Crippen LogP contribution < -0.4 is 56.8 Å². The van der Waals surface area contributed by atoms with Gasteiger partial charge in [0.05, 0.1) is 106 Å². The molecule has 8 rings (SSSR count). The number of ether oxygens (including phenoxy) is 15. The van der Waals surface area contributed by atoms with Crippen molar-refractivity contribution in [2.75, 3.05) is 119 Å². The van der Waals surface area contributed by atoms with Crippen LogP contribution in [0.1, 0.15) is 326 Å². The highest BCUT2D eigenvalue weighted by molar-refractivity contribution is 6.28. The third-order valence-electron chi connectivity index (χ3n) is 22.5. The standard InChI is InChI=1S/C104H158O15/c1-11-21-31-41-51-108-93-69-81-83-71-95(110-53-43-33-23-13-3)99(114-57-47-37-27-17-7)75-87(83)91-79-103(101(116-59-49-39-29-19-9)77-89(91)85(81)73-97(93)112-55-45-35-25-15-5)118-67-65-106-63-61-105-62-64-107-66-68-119-104-80-92-88-76-100(115-58-48-38-28-18-8)96(111-54-44-34-24-14-4)72-84(88)82-70-94(109-52-42-32-22-12-2)98(113-56-46-36-26-16-6)74-86(82)90(92)78-102(104)117-60-50-40-30-20-10/h69-80H,11-68H2,1-10H3. The Labute approximate surface area is 718 Å². The fourth-order valence-corrected chi connectivity index (χ4v) is 15.5. The smallest absolute Gasteiger partial charge is 0.161 e. The second-order valence-electron chi connectivity index (χ2n) is 32.7. The Hall–Kier alpha value is -7.20. The van der Waals surface area contributed by atoms with Crippen LogP contribution >= 0.6 is 0 Å². The molecule has 0 aliphatic heterocycles. The van der Waals surface area contributed by atoms with Gasteiger partial charge in [-0.1, -0.05) is 262 Å². The zero-order valence-electron chi connectivity index (χ0n) is 76.1. The number of benzene rings is 8. The molecule has 0 N–H and O–H groups in total. The Balaban J connectivity index is 1.01. The molecule has 0 aliphatic rings. The van der Waals surface area contributed by atoms with Gasteiger partial charge in [-0.3, -0.25) is 0 Å². The molecule has 8 aromatic carbocycles. The zero-order chi connectivity index (χ0) is 84.0. The maximum Gasteiger partial charge on any atom is 0.161 e. The fourth-order valence-electron chi connectivity index (χ4n) is 15.5. The van der Waals surface area contributed by atoms with E-state index >= 15 is 0 Å². The van der Waals surface area contributed by atoms with Crippen LogP contribution in [0, 0.1) is 0 Å². The van der Waals surface area contributed by atoms with Gasteiger partial charge in [-0.05, 0) is 202 Å². The summed E-state index contributed by atoms with van der Waals surface area (Å²) in [5.41, 5.74) is 0. The van der Waals surface area contributed by atoms with E-state index < -0.39 is 0 Å². The molecule has 0 spiro atoms. The molecule has 15 heteroatoms. The van der Waals surface area contributed by atoms with E-state index in [1.54, 1.807) is 0 Å². The van der Waals surface area contributed by atoms with Gasteiger partial charge in [0.1, 0.15) is 13.2 Å². The van der Waals surface area contributed by atoms with E-state index in [-0.39, 0.29) is 0 Å². The summed E-state index contributed by atoms with van der Waals surface area (Å²) in [7, 11) is 0. The van der Waals surface area contributed by atoms with E-state index in [4.69, 9.17) is 71.1 Å². The second-order valence-corrected chi connectivity index (χ2v) is 32.7. The van der Waals surface area contributed by atoms with Gasteiger partial charge in [0, 0.05) is 0 Å². The molecule has 0 unspecified atom stereocenters.